The summed E-state index contributed by atoms with van der Waals surface area (Å²) >= 11 is 0. The fraction of sp³-hybridized carbons (Fsp3) is 0.700. The Kier molecular flexibility index (Phi) is 2.39. The van der Waals surface area contributed by atoms with Gasteiger partial charge in [0.15, 0.2) is 11.6 Å². The summed E-state index contributed by atoms with van der Waals surface area (Å²) in [6.45, 7) is 11.0. The van der Waals surface area contributed by atoms with Crippen LogP contribution in [0.15, 0.2) is 24.3 Å². The lowest BCUT2D eigenvalue weighted by Gasteiger charge is -2.57. The Morgan fingerprint density at radius 2 is 1.96 bits per heavy atom. The molecule has 1 aliphatic heterocycles. The highest BCUT2D eigenvalue weighted by Crippen LogP contribution is 2.81. The molecule has 6 aliphatic rings. The number of Topliss-reactive ketones (excluding diaryl/α,β-unsaturated/α-hetero) is 2. The molecule has 0 aromatic rings. The van der Waals surface area contributed by atoms with Crippen molar-refractivity contribution in [1.82, 2.24) is 0 Å². The van der Waals surface area contributed by atoms with Gasteiger partial charge in [-0.25, -0.2) is 0 Å². The Hall–Kier alpha value is -1.22. The number of carbonyl (C=O) groups is 2. The van der Waals surface area contributed by atoms with E-state index in [0.717, 1.165) is 32.1 Å². The van der Waals surface area contributed by atoms with E-state index in [0.29, 0.717) is 24.2 Å². The molecule has 6 atom stereocenters. The largest absolute Gasteiger partial charge is 0.374 e. The fourth-order valence-corrected chi connectivity index (χ4v) is 7.05. The highest BCUT2D eigenvalue weighted by Gasteiger charge is 2.85. The van der Waals surface area contributed by atoms with Crippen LogP contribution in [0.4, 0.5) is 0 Å². The average molecular weight is 312 g/mol. The number of rotatable bonds is 2. The Morgan fingerprint density at radius 3 is 2.70 bits per heavy atom. The number of fused-ring (bicyclic) bond motifs is 2. The SMILES string of the molecule is C=C1C(=O)C23CCC1CC2C12CC1(CCC)OCC2C(=C)C3=O. The smallest absolute Gasteiger partial charge is 0.172 e. The maximum absolute atomic E-state index is 13.2. The lowest BCUT2D eigenvalue weighted by molar-refractivity contribution is -0.157. The van der Waals surface area contributed by atoms with Crippen LogP contribution >= 0.6 is 0 Å². The van der Waals surface area contributed by atoms with Crippen LogP contribution in [0.25, 0.3) is 0 Å². The lowest BCUT2D eigenvalue weighted by atomic mass is 9.42. The minimum absolute atomic E-state index is 0.00301. The van der Waals surface area contributed by atoms with Crippen molar-refractivity contribution >= 4 is 11.6 Å². The Balaban J connectivity index is 1.70. The van der Waals surface area contributed by atoms with Gasteiger partial charge >= 0.3 is 0 Å². The minimum Gasteiger partial charge on any atom is -0.374 e. The van der Waals surface area contributed by atoms with Gasteiger partial charge in [0.05, 0.1) is 17.6 Å². The van der Waals surface area contributed by atoms with Gasteiger partial charge in [0, 0.05) is 11.3 Å². The van der Waals surface area contributed by atoms with Crippen LogP contribution in [0.5, 0.6) is 0 Å². The van der Waals surface area contributed by atoms with Gasteiger partial charge in [0.25, 0.3) is 0 Å². The summed E-state index contributed by atoms with van der Waals surface area (Å²) in [5, 5.41) is 0. The summed E-state index contributed by atoms with van der Waals surface area (Å²) in [5.41, 5.74) is 0.431. The van der Waals surface area contributed by atoms with Gasteiger partial charge in [-0.3, -0.25) is 9.59 Å². The molecule has 1 saturated heterocycles. The third-order valence-electron chi connectivity index (χ3n) is 8.03. The van der Waals surface area contributed by atoms with E-state index in [1.54, 1.807) is 0 Å². The molecule has 1 heterocycles. The zero-order valence-corrected chi connectivity index (χ0v) is 13.8. The summed E-state index contributed by atoms with van der Waals surface area (Å²) in [6, 6.07) is 0. The molecular weight excluding hydrogens is 288 g/mol. The molecule has 6 fully saturated rings. The zero-order chi connectivity index (χ0) is 16.2. The van der Waals surface area contributed by atoms with Crippen molar-refractivity contribution in [3.05, 3.63) is 24.3 Å². The van der Waals surface area contributed by atoms with Crippen molar-refractivity contribution < 1.29 is 14.3 Å². The second-order valence-electron chi connectivity index (χ2n) is 8.53. The van der Waals surface area contributed by atoms with Gasteiger partial charge in [-0.2, -0.15) is 0 Å². The van der Waals surface area contributed by atoms with Crippen molar-refractivity contribution in [2.45, 2.75) is 51.0 Å². The van der Waals surface area contributed by atoms with E-state index in [1.165, 1.54) is 0 Å². The molecule has 0 radical (unpaired) electrons. The van der Waals surface area contributed by atoms with E-state index in [9.17, 15) is 9.59 Å². The van der Waals surface area contributed by atoms with Crippen LogP contribution in [0.2, 0.25) is 0 Å². The van der Waals surface area contributed by atoms with Crippen LogP contribution in [0.3, 0.4) is 0 Å². The first-order valence-electron chi connectivity index (χ1n) is 9.06. The maximum atomic E-state index is 13.2. The number of allylic oxidation sites excluding steroid dienone is 1. The number of hydrogen-bond acceptors (Lipinski definition) is 3. The van der Waals surface area contributed by atoms with Crippen molar-refractivity contribution in [1.29, 1.82) is 0 Å². The van der Waals surface area contributed by atoms with Crippen LogP contribution in [0, 0.1) is 28.6 Å². The molecule has 23 heavy (non-hydrogen) atoms. The molecule has 0 aromatic carbocycles. The van der Waals surface area contributed by atoms with Crippen molar-refractivity contribution in [2.75, 3.05) is 6.61 Å². The van der Waals surface area contributed by atoms with Crippen molar-refractivity contribution in [3.8, 4) is 0 Å². The first kappa shape index (κ1) is 14.2. The molecule has 6 rings (SSSR count). The quantitative estimate of drug-likeness (QED) is 0.581. The van der Waals surface area contributed by atoms with Gasteiger partial charge in [0.2, 0.25) is 0 Å². The number of carbonyl (C=O) groups excluding carboxylic acids is 2. The number of ether oxygens (including phenoxy) is 1. The highest BCUT2D eigenvalue weighted by atomic mass is 16.5. The summed E-state index contributed by atoms with van der Waals surface area (Å²) in [6.07, 6.45) is 5.73. The first-order valence-corrected chi connectivity index (χ1v) is 9.06. The molecule has 0 N–H and O–H groups in total. The molecule has 2 bridgehead atoms. The van der Waals surface area contributed by atoms with Crippen LogP contribution in [-0.2, 0) is 14.3 Å². The predicted octanol–water partition coefficient (Wildman–Crippen LogP) is 3.24. The molecule has 2 spiro atoms. The molecule has 6 unspecified atom stereocenters. The van der Waals surface area contributed by atoms with E-state index in [-0.39, 0.29) is 40.3 Å². The second kappa shape index (κ2) is 3.88. The Bertz CT molecular complexity index is 691. The van der Waals surface area contributed by atoms with E-state index in [1.807, 2.05) is 0 Å². The van der Waals surface area contributed by atoms with E-state index >= 15 is 0 Å². The van der Waals surface area contributed by atoms with E-state index in [4.69, 9.17) is 4.74 Å². The van der Waals surface area contributed by atoms with Gasteiger partial charge in [-0.05, 0) is 55.1 Å². The van der Waals surface area contributed by atoms with Gasteiger partial charge < -0.3 is 4.74 Å². The molecule has 3 nitrogen and oxygen atoms in total. The molecule has 5 aliphatic carbocycles. The van der Waals surface area contributed by atoms with Crippen molar-refractivity contribution in [3.63, 3.8) is 0 Å². The lowest BCUT2D eigenvalue weighted by Crippen LogP contribution is -2.63. The van der Waals surface area contributed by atoms with E-state index < -0.39 is 5.41 Å². The molecular formula is C20H24O3. The third-order valence-corrected chi connectivity index (χ3v) is 8.03. The van der Waals surface area contributed by atoms with Gasteiger partial charge in [-0.1, -0.05) is 26.5 Å². The highest BCUT2D eigenvalue weighted by molar-refractivity contribution is 6.21. The number of hydrogen-bond donors (Lipinski definition) is 0. The first-order chi connectivity index (χ1) is 10.9. The molecule has 5 saturated carbocycles. The standard InChI is InChI=1S/C20H24O3/c1-4-6-18-10-20(18)14(9-23-18)12(3)17(22)19-7-5-13(8-15(19)20)11(2)16(19)21/h13-15H,2-10H2,1H3. The van der Waals surface area contributed by atoms with Crippen LogP contribution in [-0.4, -0.2) is 23.8 Å². The van der Waals surface area contributed by atoms with Crippen molar-refractivity contribution in [2.24, 2.45) is 28.6 Å². The topological polar surface area (TPSA) is 43.4 Å². The monoisotopic (exact) mass is 312 g/mol. The number of ketones is 2. The second-order valence-corrected chi connectivity index (χ2v) is 8.53. The molecule has 0 aromatic heterocycles. The summed E-state index contributed by atoms with van der Waals surface area (Å²) in [5.74, 6) is 0.629. The normalized spacial score (nSPS) is 53.2. The predicted molar refractivity (Wildman–Crippen MR) is 85.7 cm³/mol. The summed E-state index contributed by atoms with van der Waals surface area (Å²) in [7, 11) is 0. The average Bonchev–Trinajstić information content (AvgIpc) is 3.08. The molecule has 0 amide bonds. The fourth-order valence-electron chi connectivity index (χ4n) is 7.05. The molecule has 122 valence electrons. The Labute approximate surface area is 137 Å². The van der Waals surface area contributed by atoms with Gasteiger partial charge in [-0.15, -0.1) is 0 Å². The third kappa shape index (κ3) is 1.21. The Morgan fingerprint density at radius 1 is 1.22 bits per heavy atom. The minimum atomic E-state index is -0.845. The van der Waals surface area contributed by atoms with Gasteiger partial charge in [0.1, 0.15) is 0 Å². The van der Waals surface area contributed by atoms with Crippen LogP contribution in [0.1, 0.15) is 45.4 Å². The summed E-state index contributed by atoms with van der Waals surface area (Å²) in [4.78, 5) is 26.3. The maximum Gasteiger partial charge on any atom is 0.172 e. The molecule has 3 heteroatoms. The zero-order valence-electron chi connectivity index (χ0n) is 13.8. The summed E-state index contributed by atoms with van der Waals surface area (Å²) < 4.78 is 6.28. The van der Waals surface area contributed by atoms with Crippen LogP contribution < -0.4 is 0 Å². The van der Waals surface area contributed by atoms with E-state index in [2.05, 4.69) is 20.1 Å².